The molecule has 0 aromatic heterocycles. The SMILES string of the molecule is CCC(C)(C)NC(=O)CNCC1CCCC1CO. The van der Waals surface area contributed by atoms with E-state index in [1.807, 2.05) is 13.8 Å². The van der Waals surface area contributed by atoms with Crippen LogP contribution >= 0.6 is 0 Å². The molecule has 0 aromatic carbocycles. The first-order chi connectivity index (χ1) is 8.48. The fourth-order valence-electron chi connectivity index (χ4n) is 2.50. The summed E-state index contributed by atoms with van der Waals surface area (Å²) in [7, 11) is 0. The summed E-state index contributed by atoms with van der Waals surface area (Å²) in [6, 6.07) is 0. The highest BCUT2D eigenvalue weighted by molar-refractivity contribution is 5.78. The lowest BCUT2D eigenvalue weighted by Crippen LogP contribution is -2.47. The molecule has 4 heteroatoms. The Balaban J connectivity index is 2.19. The first-order valence-electron chi connectivity index (χ1n) is 7.11. The Hall–Kier alpha value is -0.610. The first-order valence-corrected chi connectivity index (χ1v) is 7.11. The van der Waals surface area contributed by atoms with E-state index in [4.69, 9.17) is 0 Å². The smallest absolute Gasteiger partial charge is 0.234 e. The zero-order valence-corrected chi connectivity index (χ0v) is 12.0. The van der Waals surface area contributed by atoms with Crippen molar-refractivity contribution in [2.75, 3.05) is 19.7 Å². The van der Waals surface area contributed by atoms with Crippen LogP contribution in [0, 0.1) is 11.8 Å². The summed E-state index contributed by atoms with van der Waals surface area (Å²) >= 11 is 0. The Morgan fingerprint density at radius 3 is 2.61 bits per heavy atom. The average molecular weight is 256 g/mol. The molecule has 0 heterocycles. The molecule has 4 nitrogen and oxygen atoms in total. The molecular weight excluding hydrogens is 228 g/mol. The maximum absolute atomic E-state index is 11.7. The Kier molecular flexibility index (Phi) is 6.09. The predicted octanol–water partition coefficient (Wildman–Crippen LogP) is 1.29. The van der Waals surface area contributed by atoms with E-state index in [0.29, 0.717) is 18.4 Å². The molecule has 0 radical (unpaired) electrons. The summed E-state index contributed by atoms with van der Waals surface area (Å²) in [6.07, 6.45) is 4.42. The van der Waals surface area contributed by atoms with Gasteiger partial charge in [0.25, 0.3) is 0 Å². The monoisotopic (exact) mass is 256 g/mol. The van der Waals surface area contributed by atoms with Crippen LogP contribution in [0.4, 0.5) is 0 Å². The molecular formula is C14H28N2O2. The fourth-order valence-corrected chi connectivity index (χ4v) is 2.50. The van der Waals surface area contributed by atoms with E-state index in [0.717, 1.165) is 19.4 Å². The van der Waals surface area contributed by atoms with E-state index < -0.39 is 0 Å². The van der Waals surface area contributed by atoms with Crippen LogP contribution in [0.2, 0.25) is 0 Å². The number of rotatable bonds is 7. The molecule has 0 aliphatic heterocycles. The molecule has 0 saturated heterocycles. The van der Waals surface area contributed by atoms with Gasteiger partial charge < -0.3 is 15.7 Å². The van der Waals surface area contributed by atoms with Crippen molar-refractivity contribution in [3.8, 4) is 0 Å². The van der Waals surface area contributed by atoms with Crippen LogP contribution in [0.1, 0.15) is 46.5 Å². The van der Waals surface area contributed by atoms with E-state index in [2.05, 4.69) is 17.6 Å². The number of aliphatic hydroxyl groups is 1. The van der Waals surface area contributed by atoms with Crippen molar-refractivity contribution < 1.29 is 9.90 Å². The van der Waals surface area contributed by atoms with Crippen LogP contribution in [-0.2, 0) is 4.79 Å². The third-order valence-corrected chi connectivity index (χ3v) is 4.10. The molecule has 1 amide bonds. The van der Waals surface area contributed by atoms with E-state index in [1.54, 1.807) is 0 Å². The molecule has 1 aliphatic rings. The Morgan fingerprint density at radius 1 is 1.33 bits per heavy atom. The summed E-state index contributed by atoms with van der Waals surface area (Å²) in [5.41, 5.74) is -0.125. The molecule has 1 fully saturated rings. The van der Waals surface area contributed by atoms with Gasteiger partial charge in [-0.05, 0) is 51.5 Å². The first kappa shape index (κ1) is 15.4. The molecule has 106 valence electrons. The molecule has 2 unspecified atom stereocenters. The lowest BCUT2D eigenvalue weighted by Gasteiger charge is -2.25. The van der Waals surface area contributed by atoms with Crippen LogP contribution in [0.3, 0.4) is 0 Å². The minimum atomic E-state index is -0.125. The van der Waals surface area contributed by atoms with Crippen LogP contribution < -0.4 is 10.6 Å². The van der Waals surface area contributed by atoms with Crippen molar-refractivity contribution in [1.29, 1.82) is 0 Å². The van der Waals surface area contributed by atoms with Crippen LogP contribution in [0.5, 0.6) is 0 Å². The Morgan fingerprint density at radius 2 is 2.00 bits per heavy atom. The summed E-state index contributed by atoms with van der Waals surface area (Å²) < 4.78 is 0. The number of nitrogens with one attached hydrogen (secondary N) is 2. The largest absolute Gasteiger partial charge is 0.396 e. The highest BCUT2D eigenvalue weighted by Gasteiger charge is 2.26. The maximum atomic E-state index is 11.7. The lowest BCUT2D eigenvalue weighted by atomic mass is 9.97. The molecule has 1 rings (SSSR count). The van der Waals surface area contributed by atoms with Gasteiger partial charge in [-0.1, -0.05) is 13.3 Å². The molecule has 2 atom stereocenters. The quantitative estimate of drug-likeness (QED) is 0.643. The molecule has 18 heavy (non-hydrogen) atoms. The van der Waals surface area contributed by atoms with Crippen molar-refractivity contribution >= 4 is 5.91 Å². The molecule has 3 N–H and O–H groups in total. The molecule has 0 bridgehead atoms. The van der Waals surface area contributed by atoms with Gasteiger partial charge in [-0.3, -0.25) is 4.79 Å². The van der Waals surface area contributed by atoms with Crippen molar-refractivity contribution in [1.82, 2.24) is 10.6 Å². The Labute approximate surface area is 111 Å². The minimum absolute atomic E-state index is 0.0559. The van der Waals surface area contributed by atoms with Crippen molar-refractivity contribution in [3.05, 3.63) is 0 Å². The van der Waals surface area contributed by atoms with E-state index in [1.165, 1.54) is 12.8 Å². The van der Waals surface area contributed by atoms with Gasteiger partial charge in [0.1, 0.15) is 0 Å². The second-order valence-electron chi connectivity index (χ2n) is 6.05. The lowest BCUT2D eigenvalue weighted by molar-refractivity contribution is -0.121. The van der Waals surface area contributed by atoms with E-state index in [9.17, 15) is 9.90 Å². The third kappa shape index (κ3) is 4.94. The van der Waals surface area contributed by atoms with Gasteiger partial charge in [-0.2, -0.15) is 0 Å². The highest BCUT2D eigenvalue weighted by Crippen LogP contribution is 2.30. The van der Waals surface area contributed by atoms with Gasteiger partial charge in [0, 0.05) is 12.1 Å². The number of carbonyl (C=O) groups is 1. The number of aliphatic hydroxyl groups excluding tert-OH is 1. The van der Waals surface area contributed by atoms with Gasteiger partial charge >= 0.3 is 0 Å². The molecule has 1 aliphatic carbocycles. The van der Waals surface area contributed by atoms with E-state index in [-0.39, 0.29) is 18.1 Å². The van der Waals surface area contributed by atoms with Crippen molar-refractivity contribution in [3.63, 3.8) is 0 Å². The second kappa shape index (κ2) is 7.10. The summed E-state index contributed by atoms with van der Waals surface area (Å²) in [5.74, 6) is 1.01. The molecule has 0 aromatic rings. The topological polar surface area (TPSA) is 61.4 Å². The van der Waals surface area contributed by atoms with Crippen molar-refractivity contribution in [2.24, 2.45) is 11.8 Å². The number of hydrogen-bond acceptors (Lipinski definition) is 3. The van der Waals surface area contributed by atoms with Gasteiger partial charge in [0.15, 0.2) is 0 Å². The predicted molar refractivity (Wildman–Crippen MR) is 73.3 cm³/mol. The zero-order valence-electron chi connectivity index (χ0n) is 12.0. The number of hydrogen-bond donors (Lipinski definition) is 3. The fraction of sp³-hybridized carbons (Fsp3) is 0.929. The zero-order chi connectivity index (χ0) is 13.6. The van der Waals surface area contributed by atoms with Crippen molar-refractivity contribution in [2.45, 2.75) is 52.0 Å². The van der Waals surface area contributed by atoms with Gasteiger partial charge in [-0.15, -0.1) is 0 Å². The third-order valence-electron chi connectivity index (χ3n) is 4.10. The maximum Gasteiger partial charge on any atom is 0.234 e. The normalized spacial score (nSPS) is 24.2. The van der Waals surface area contributed by atoms with Gasteiger partial charge in [0.05, 0.1) is 6.54 Å². The second-order valence-corrected chi connectivity index (χ2v) is 6.05. The molecule has 1 saturated carbocycles. The summed E-state index contributed by atoms with van der Waals surface area (Å²) in [4.78, 5) is 11.7. The Bertz CT molecular complexity index is 267. The molecule has 0 spiro atoms. The number of carbonyl (C=O) groups excluding carboxylic acids is 1. The highest BCUT2D eigenvalue weighted by atomic mass is 16.3. The average Bonchev–Trinajstić information content (AvgIpc) is 2.76. The minimum Gasteiger partial charge on any atom is -0.396 e. The van der Waals surface area contributed by atoms with Gasteiger partial charge in [0.2, 0.25) is 5.91 Å². The summed E-state index contributed by atoms with van der Waals surface area (Å²) in [6.45, 7) is 7.62. The standard InChI is InChI=1S/C14H28N2O2/c1-4-14(2,3)16-13(18)9-15-8-11-6-5-7-12(11)10-17/h11-12,15,17H,4-10H2,1-3H3,(H,16,18). The van der Waals surface area contributed by atoms with E-state index >= 15 is 0 Å². The summed E-state index contributed by atoms with van der Waals surface area (Å²) in [5, 5.41) is 15.4. The van der Waals surface area contributed by atoms with Crippen LogP contribution in [-0.4, -0.2) is 36.2 Å². The number of amides is 1. The van der Waals surface area contributed by atoms with Crippen LogP contribution in [0.15, 0.2) is 0 Å². The van der Waals surface area contributed by atoms with Crippen LogP contribution in [0.25, 0.3) is 0 Å². The van der Waals surface area contributed by atoms with Gasteiger partial charge in [-0.25, -0.2) is 0 Å².